The summed E-state index contributed by atoms with van der Waals surface area (Å²) in [6.45, 7) is 2.37. The van der Waals surface area contributed by atoms with Gasteiger partial charge in [0.1, 0.15) is 0 Å². The third-order valence-corrected chi connectivity index (χ3v) is 4.09. The van der Waals surface area contributed by atoms with Gasteiger partial charge in [0.2, 0.25) is 16.0 Å². The molecular formula is C16H18N6O2S. The second kappa shape index (κ2) is 6.89. The summed E-state index contributed by atoms with van der Waals surface area (Å²) in [5, 5.41) is 14.8. The fourth-order valence-electron chi connectivity index (χ4n) is 2.31. The third-order valence-electron chi connectivity index (χ3n) is 3.50. The van der Waals surface area contributed by atoms with Gasteiger partial charge in [-0.3, -0.25) is 4.72 Å². The van der Waals surface area contributed by atoms with E-state index in [-0.39, 0.29) is 0 Å². The summed E-state index contributed by atoms with van der Waals surface area (Å²) in [6, 6.07) is 15.0. The summed E-state index contributed by atoms with van der Waals surface area (Å²) in [4.78, 5) is 0. The molecule has 1 aromatic heterocycles. The normalized spacial score (nSPS) is 11.3. The van der Waals surface area contributed by atoms with Crippen molar-refractivity contribution >= 4 is 21.7 Å². The van der Waals surface area contributed by atoms with Crippen molar-refractivity contribution in [3.05, 3.63) is 59.7 Å². The lowest BCUT2D eigenvalue weighted by atomic mass is 10.2. The highest BCUT2D eigenvalue weighted by molar-refractivity contribution is 7.92. The van der Waals surface area contributed by atoms with Crippen molar-refractivity contribution in [1.82, 2.24) is 20.2 Å². The van der Waals surface area contributed by atoms with Gasteiger partial charge in [-0.05, 0) is 41.1 Å². The molecule has 0 unspecified atom stereocenters. The predicted octanol–water partition coefficient (Wildman–Crippen LogP) is 1.95. The Morgan fingerprint density at radius 1 is 1.08 bits per heavy atom. The molecule has 1 heterocycles. The van der Waals surface area contributed by atoms with Crippen LogP contribution in [0.1, 0.15) is 11.1 Å². The molecule has 0 bridgehead atoms. The number of hydrogen-bond donors (Lipinski definition) is 2. The third kappa shape index (κ3) is 4.32. The first kappa shape index (κ1) is 16.9. The maximum atomic E-state index is 11.5. The molecule has 25 heavy (non-hydrogen) atoms. The Kier molecular flexibility index (Phi) is 4.66. The molecule has 8 nitrogen and oxygen atoms in total. The van der Waals surface area contributed by atoms with Crippen molar-refractivity contribution in [2.75, 3.05) is 16.3 Å². The maximum absolute atomic E-state index is 11.5. The van der Waals surface area contributed by atoms with E-state index >= 15 is 0 Å². The molecule has 9 heteroatoms. The summed E-state index contributed by atoms with van der Waals surface area (Å²) in [5.41, 5.74) is 3.28. The van der Waals surface area contributed by atoms with Gasteiger partial charge in [-0.25, -0.2) is 8.42 Å². The Labute approximate surface area is 145 Å². The van der Waals surface area contributed by atoms with Crippen LogP contribution in [0.2, 0.25) is 0 Å². The van der Waals surface area contributed by atoms with Crippen LogP contribution in [0.4, 0.5) is 11.6 Å². The smallest absolute Gasteiger partial charge is 0.248 e. The molecule has 3 aromatic rings. The van der Waals surface area contributed by atoms with Crippen LogP contribution in [0.5, 0.6) is 0 Å². The Balaban J connectivity index is 1.80. The minimum Gasteiger partial charge on any atom is -0.349 e. The highest BCUT2D eigenvalue weighted by Gasteiger charge is 2.10. The lowest BCUT2D eigenvalue weighted by molar-refractivity contribution is 0.606. The van der Waals surface area contributed by atoms with E-state index in [1.165, 1.54) is 0 Å². The molecule has 2 N–H and O–H groups in total. The van der Waals surface area contributed by atoms with E-state index in [0.29, 0.717) is 18.2 Å². The van der Waals surface area contributed by atoms with E-state index in [1.807, 2.05) is 43.3 Å². The fourth-order valence-corrected chi connectivity index (χ4v) is 2.90. The molecule has 0 aliphatic rings. The van der Waals surface area contributed by atoms with Gasteiger partial charge in [0.15, 0.2) is 0 Å². The number of para-hydroxylation sites is 1. The average molecular weight is 358 g/mol. The monoisotopic (exact) mass is 358 g/mol. The molecule has 0 radical (unpaired) electrons. The standard InChI is InChI=1S/C16H18N6O2S/c1-12-7-9-14(10-8-12)22-16(18-20-21-22)17-11-13-5-3-4-6-15(13)19-25(2,23)24/h3-10,19H,11H2,1-2H3,(H,17,18,21). The molecule has 0 fully saturated rings. The van der Waals surface area contributed by atoms with Crippen LogP contribution in [0.3, 0.4) is 0 Å². The average Bonchev–Trinajstić information content (AvgIpc) is 3.02. The summed E-state index contributed by atoms with van der Waals surface area (Å²) >= 11 is 0. The van der Waals surface area contributed by atoms with Crippen molar-refractivity contribution in [3.63, 3.8) is 0 Å². The largest absolute Gasteiger partial charge is 0.349 e. The molecule has 0 amide bonds. The SMILES string of the molecule is Cc1ccc(-n2nnnc2NCc2ccccc2NS(C)(=O)=O)cc1. The molecule has 2 aromatic carbocycles. The van der Waals surface area contributed by atoms with Crippen molar-refractivity contribution in [2.45, 2.75) is 13.5 Å². The van der Waals surface area contributed by atoms with Gasteiger partial charge in [-0.15, -0.1) is 0 Å². The van der Waals surface area contributed by atoms with Gasteiger partial charge >= 0.3 is 0 Å². The van der Waals surface area contributed by atoms with Crippen molar-refractivity contribution in [3.8, 4) is 5.69 Å². The van der Waals surface area contributed by atoms with Gasteiger partial charge in [0.25, 0.3) is 0 Å². The van der Waals surface area contributed by atoms with Gasteiger partial charge in [-0.1, -0.05) is 41.0 Å². The zero-order valence-electron chi connectivity index (χ0n) is 13.8. The molecule has 0 aliphatic carbocycles. The molecule has 130 valence electrons. The van der Waals surface area contributed by atoms with E-state index in [0.717, 1.165) is 23.1 Å². The summed E-state index contributed by atoms with van der Waals surface area (Å²) < 4.78 is 27.1. The Hall–Kier alpha value is -2.94. The number of nitrogens with zero attached hydrogens (tertiary/aromatic N) is 4. The second-order valence-corrected chi connectivity index (χ2v) is 7.38. The number of nitrogens with one attached hydrogen (secondary N) is 2. The number of sulfonamides is 1. The number of rotatable bonds is 6. The van der Waals surface area contributed by atoms with E-state index < -0.39 is 10.0 Å². The van der Waals surface area contributed by atoms with Crippen LogP contribution < -0.4 is 10.0 Å². The van der Waals surface area contributed by atoms with Crippen molar-refractivity contribution in [1.29, 1.82) is 0 Å². The van der Waals surface area contributed by atoms with Crippen molar-refractivity contribution in [2.24, 2.45) is 0 Å². The number of benzene rings is 2. The van der Waals surface area contributed by atoms with E-state index in [1.54, 1.807) is 16.8 Å². The quantitative estimate of drug-likeness (QED) is 0.698. The number of hydrogen-bond acceptors (Lipinski definition) is 6. The van der Waals surface area contributed by atoms with E-state index in [2.05, 4.69) is 25.6 Å². The lowest BCUT2D eigenvalue weighted by Gasteiger charge is -2.12. The van der Waals surface area contributed by atoms with Crippen LogP contribution in [0, 0.1) is 6.92 Å². The fraction of sp³-hybridized carbons (Fsp3) is 0.188. The molecule has 0 spiro atoms. The van der Waals surface area contributed by atoms with Crippen LogP contribution in [-0.2, 0) is 16.6 Å². The molecule has 0 saturated carbocycles. The van der Waals surface area contributed by atoms with Gasteiger partial charge < -0.3 is 5.32 Å². The molecule has 0 saturated heterocycles. The van der Waals surface area contributed by atoms with Crippen LogP contribution >= 0.6 is 0 Å². The minimum atomic E-state index is -3.35. The number of aromatic nitrogens is 4. The highest BCUT2D eigenvalue weighted by Crippen LogP contribution is 2.18. The first-order chi connectivity index (χ1) is 11.9. The molecular weight excluding hydrogens is 340 g/mol. The maximum Gasteiger partial charge on any atom is 0.248 e. The Morgan fingerprint density at radius 2 is 1.80 bits per heavy atom. The number of tetrazole rings is 1. The van der Waals surface area contributed by atoms with Crippen LogP contribution in [0.15, 0.2) is 48.5 Å². The summed E-state index contributed by atoms with van der Waals surface area (Å²) in [6.07, 6.45) is 1.12. The lowest BCUT2D eigenvalue weighted by Crippen LogP contribution is -2.13. The summed E-state index contributed by atoms with van der Waals surface area (Å²) in [7, 11) is -3.35. The van der Waals surface area contributed by atoms with E-state index in [9.17, 15) is 8.42 Å². The minimum absolute atomic E-state index is 0.366. The highest BCUT2D eigenvalue weighted by atomic mass is 32.2. The zero-order valence-corrected chi connectivity index (χ0v) is 14.7. The van der Waals surface area contributed by atoms with Gasteiger partial charge in [0.05, 0.1) is 17.6 Å². The van der Waals surface area contributed by atoms with Gasteiger partial charge in [-0.2, -0.15) is 4.68 Å². The molecule has 0 atom stereocenters. The second-order valence-electron chi connectivity index (χ2n) is 5.63. The first-order valence-electron chi connectivity index (χ1n) is 7.57. The molecule has 0 aliphatic heterocycles. The zero-order chi connectivity index (χ0) is 17.9. The Bertz CT molecular complexity index is 966. The first-order valence-corrected chi connectivity index (χ1v) is 9.46. The number of anilines is 2. The predicted molar refractivity (Wildman–Crippen MR) is 96.1 cm³/mol. The van der Waals surface area contributed by atoms with E-state index in [4.69, 9.17) is 0 Å². The van der Waals surface area contributed by atoms with Crippen molar-refractivity contribution < 1.29 is 8.42 Å². The van der Waals surface area contributed by atoms with Crippen LogP contribution in [-0.4, -0.2) is 34.9 Å². The van der Waals surface area contributed by atoms with Gasteiger partial charge in [0, 0.05) is 6.54 Å². The van der Waals surface area contributed by atoms with Crippen LogP contribution in [0.25, 0.3) is 5.69 Å². The number of aryl methyl sites for hydroxylation is 1. The summed E-state index contributed by atoms with van der Waals surface area (Å²) in [5.74, 6) is 0.470. The Morgan fingerprint density at radius 3 is 2.52 bits per heavy atom. The topological polar surface area (TPSA) is 102 Å². The molecule has 3 rings (SSSR count).